The molecule has 0 saturated heterocycles. The van der Waals surface area contributed by atoms with Gasteiger partial charge in [-0.3, -0.25) is 9.36 Å². The normalized spacial score (nSPS) is 11.8. The van der Waals surface area contributed by atoms with Crippen LogP contribution in [0, 0.1) is 23.3 Å². The minimum Gasteiger partial charge on any atom is -0.463 e. The number of azo groups is 1. The number of nitrogens with zero attached hydrogens (tertiary/aromatic N) is 8. The second-order valence-electron chi connectivity index (χ2n) is 10.9. The van der Waals surface area contributed by atoms with Crippen LogP contribution < -0.4 is 4.90 Å². The molecule has 11 heteroatoms. The Balaban J connectivity index is 1.92. The van der Waals surface area contributed by atoms with E-state index in [0.29, 0.717) is 31.1 Å². The predicted octanol–water partition coefficient (Wildman–Crippen LogP) is 7.33. The molecule has 0 spiro atoms. The summed E-state index contributed by atoms with van der Waals surface area (Å²) in [7, 11) is 0. The lowest BCUT2D eigenvalue weighted by Gasteiger charge is -2.23. The third-order valence-electron chi connectivity index (χ3n) is 6.54. The highest BCUT2D eigenvalue weighted by atomic mass is 32.1. The Morgan fingerprint density at radius 2 is 1.88 bits per heavy atom. The molecule has 2 aromatic heterocycles. The second-order valence-corrected chi connectivity index (χ2v) is 11.9. The van der Waals surface area contributed by atoms with Crippen LogP contribution in [0.3, 0.4) is 0 Å². The monoisotopic (exact) mass is 560 g/mol. The van der Waals surface area contributed by atoms with E-state index in [-0.39, 0.29) is 35.5 Å². The van der Waals surface area contributed by atoms with Gasteiger partial charge in [0.1, 0.15) is 19.2 Å². The molecule has 10 nitrogen and oxygen atoms in total. The summed E-state index contributed by atoms with van der Waals surface area (Å²) in [5.74, 6) is 0.0925. The van der Waals surface area contributed by atoms with Crippen molar-refractivity contribution in [3.8, 4) is 6.07 Å². The van der Waals surface area contributed by atoms with Crippen molar-refractivity contribution in [2.24, 2.45) is 15.6 Å². The zero-order chi connectivity index (χ0) is 29.5. The number of likely N-dealkylation sites (N-methyl/N-ethyl adjacent to an activating group) is 1. The van der Waals surface area contributed by atoms with Gasteiger partial charge in [-0.25, -0.2) is 4.98 Å². The number of aromatic nitrogens is 3. The molecule has 0 saturated carbocycles. The Morgan fingerprint density at radius 3 is 2.45 bits per heavy atom. The molecule has 0 amide bonds. The first-order chi connectivity index (χ1) is 18.9. The highest BCUT2D eigenvalue weighted by Gasteiger charge is 2.28. The molecule has 0 unspecified atom stereocenters. The van der Waals surface area contributed by atoms with E-state index in [1.165, 1.54) is 11.3 Å². The maximum absolute atomic E-state index is 12.4. The molecule has 0 aliphatic carbocycles. The van der Waals surface area contributed by atoms with E-state index < -0.39 is 5.41 Å². The van der Waals surface area contributed by atoms with Gasteiger partial charge in [0.05, 0.1) is 17.7 Å². The van der Waals surface area contributed by atoms with Crippen LogP contribution in [0.5, 0.6) is 0 Å². The van der Waals surface area contributed by atoms with Crippen molar-refractivity contribution in [2.45, 2.75) is 66.8 Å². The second kappa shape index (κ2) is 12.8. The number of rotatable bonds is 11. The Bertz CT molecular complexity index is 1440. The van der Waals surface area contributed by atoms with Crippen LogP contribution in [-0.2, 0) is 21.5 Å². The number of hydrogen-bond acceptors (Lipinski definition) is 9. The molecule has 2 heterocycles. The average Bonchev–Trinajstić information content (AvgIpc) is 3.51. The van der Waals surface area contributed by atoms with Crippen LogP contribution in [0.25, 0.3) is 4.85 Å². The maximum atomic E-state index is 12.4. The molecule has 3 aromatic rings. The van der Waals surface area contributed by atoms with Crippen molar-refractivity contribution in [3.63, 3.8) is 0 Å². The minimum absolute atomic E-state index is 0.0128. The zero-order valence-corrected chi connectivity index (χ0v) is 25.0. The Morgan fingerprint density at radius 1 is 1.18 bits per heavy atom. The Kier molecular flexibility index (Phi) is 9.78. The molecule has 3 rings (SSSR count). The fourth-order valence-corrected chi connectivity index (χ4v) is 4.86. The first-order valence-corrected chi connectivity index (χ1v) is 14.0. The molecule has 0 N–H and O–H groups in total. The van der Waals surface area contributed by atoms with E-state index in [0.717, 1.165) is 16.4 Å². The van der Waals surface area contributed by atoms with Crippen molar-refractivity contribution in [1.29, 1.82) is 5.26 Å². The molecule has 1 aromatic carbocycles. The number of ether oxygens (including phenoxy) is 1. The van der Waals surface area contributed by atoms with Crippen molar-refractivity contribution in [1.82, 2.24) is 14.5 Å². The number of nitriles is 1. The van der Waals surface area contributed by atoms with Gasteiger partial charge in [0.2, 0.25) is 0 Å². The number of hydrogen-bond donors (Lipinski definition) is 0. The Labute approximate surface area is 240 Å². The maximum Gasteiger partial charge on any atom is 0.324 e. The van der Waals surface area contributed by atoms with Gasteiger partial charge in [-0.15, -0.1) is 5.11 Å². The van der Waals surface area contributed by atoms with E-state index in [2.05, 4.69) is 40.8 Å². The van der Waals surface area contributed by atoms with Gasteiger partial charge < -0.3 is 14.5 Å². The molecule has 0 fully saturated rings. The minimum atomic E-state index is -0.518. The number of thiazole rings is 1. The fourth-order valence-electron chi connectivity index (χ4n) is 3.67. The van der Waals surface area contributed by atoms with Crippen LogP contribution in [-0.4, -0.2) is 40.2 Å². The zero-order valence-electron chi connectivity index (χ0n) is 24.2. The number of carbonyl (C=O) groups excluding carboxylic acids is 1. The number of esters is 1. The smallest absolute Gasteiger partial charge is 0.324 e. The molecule has 0 aliphatic heterocycles. The Hall–Kier alpha value is -4.09. The number of carbonyl (C=O) groups is 1. The quantitative estimate of drug-likeness (QED) is 0.138. The van der Waals surface area contributed by atoms with Gasteiger partial charge in [0.15, 0.2) is 15.8 Å². The summed E-state index contributed by atoms with van der Waals surface area (Å²) in [6, 6.07) is 11.6. The largest absolute Gasteiger partial charge is 0.463 e. The molecular formula is C29H36N8O2S. The summed E-state index contributed by atoms with van der Waals surface area (Å²) < 4.78 is 7.16. The molecule has 0 radical (unpaired) electrons. The molecule has 210 valence electrons. The van der Waals surface area contributed by atoms with Gasteiger partial charge in [0, 0.05) is 12.0 Å². The SMILES string of the molecule is [C-]#[N+]c1c(C#N)nc(/N=N/c2sc(N(CC)CCOC(=O)C(C)(C)CC)nc2C(C)(C)C)n1Cc1ccccc1. The standard InChI is InChI=1S/C29H36N8O2S/c1-9-29(6,7)25(38)39-17-16-36(10-2)27-33-22(28(3,4)5)24(40-27)34-35-26-32-21(18-30)23(31-8)37(26)19-20-14-12-11-13-15-20/h11-15H,9-10,16-17,19H2,1-7H3/b35-34+. The van der Waals surface area contributed by atoms with Crippen molar-refractivity contribution < 1.29 is 9.53 Å². The lowest BCUT2D eigenvalue weighted by atomic mass is 9.91. The average molecular weight is 561 g/mol. The van der Waals surface area contributed by atoms with Crippen molar-refractivity contribution >= 4 is 39.2 Å². The third kappa shape index (κ3) is 7.10. The first kappa shape index (κ1) is 30.5. The topological polar surface area (TPSA) is 113 Å². The lowest BCUT2D eigenvalue weighted by Crippen LogP contribution is -2.31. The third-order valence-corrected chi connectivity index (χ3v) is 7.54. The van der Waals surface area contributed by atoms with Gasteiger partial charge in [-0.2, -0.15) is 10.2 Å². The summed E-state index contributed by atoms with van der Waals surface area (Å²) in [5, 5.41) is 19.9. The lowest BCUT2D eigenvalue weighted by molar-refractivity contribution is -0.153. The van der Waals surface area contributed by atoms with E-state index in [9.17, 15) is 10.1 Å². The van der Waals surface area contributed by atoms with Gasteiger partial charge in [-0.1, -0.05) is 81.0 Å². The highest BCUT2D eigenvalue weighted by Crippen LogP contribution is 2.41. The molecule has 0 bridgehead atoms. The van der Waals surface area contributed by atoms with Gasteiger partial charge in [0.25, 0.3) is 5.82 Å². The van der Waals surface area contributed by atoms with Crippen molar-refractivity contribution in [2.75, 3.05) is 24.6 Å². The summed E-state index contributed by atoms with van der Waals surface area (Å²) in [4.78, 5) is 27.2. The molecule has 0 atom stereocenters. The molecule has 0 aliphatic rings. The van der Waals surface area contributed by atoms with Crippen LogP contribution in [0.2, 0.25) is 0 Å². The summed E-state index contributed by atoms with van der Waals surface area (Å²) in [5.41, 5.74) is 0.891. The van der Waals surface area contributed by atoms with Crippen molar-refractivity contribution in [3.05, 3.63) is 58.7 Å². The summed E-state index contributed by atoms with van der Waals surface area (Å²) >= 11 is 1.39. The van der Waals surface area contributed by atoms with Crippen LogP contribution in [0.15, 0.2) is 40.6 Å². The van der Waals surface area contributed by atoms with Crippen LogP contribution >= 0.6 is 11.3 Å². The first-order valence-electron chi connectivity index (χ1n) is 13.2. The van der Waals surface area contributed by atoms with Gasteiger partial charge in [-0.05, 0) is 32.8 Å². The number of benzene rings is 1. The van der Waals surface area contributed by atoms with E-state index in [1.807, 2.05) is 69.0 Å². The van der Waals surface area contributed by atoms with Crippen LogP contribution in [0.4, 0.5) is 21.9 Å². The van der Waals surface area contributed by atoms with E-state index in [4.69, 9.17) is 16.3 Å². The fraction of sp³-hybridized carbons (Fsp3) is 0.483. The number of imidazole rings is 1. The van der Waals surface area contributed by atoms with Gasteiger partial charge >= 0.3 is 11.9 Å². The van der Waals surface area contributed by atoms with E-state index >= 15 is 0 Å². The molecular weight excluding hydrogens is 524 g/mol. The highest BCUT2D eigenvalue weighted by molar-refractivity contribution is 7.19. The summed E-state index contributed by atoms with van der Waals surface area (Å²) in [6.07, 6.45) is 0.704. The van der Waals surface area contributed by atoms with E-state index in [1.54, 1.807) is 4.57 Å². The molecule has 40 heavy (non-hydrogen) atoms. The predicted molar refractivity (Wildman–Crippen MR) is 157 cm³/mol. The number of anilines is 1. The summed E-state index contributed by atoms with van der Waals surface area (Å²) in [6.45, 7) is 23.3. The van der Waals surface area contributed by atoms with Crippen LogP contribution in [0.1, 0.15) is 71.8 Å².